The van der Waals surface area contributed by atoms with Gasteiger partial charge in [0.1, 0.15) is 6.04 Å². The van der Waals surface area contributed by atoms with Crippen molar-refractivity contribution in [3.8, 4) is 12.8 Å². The molecule has 0 saturated carbocycles. The van der Waals surface area contributed by atoms with Crippen LogP contribution in [0.4, 0.5) is 0 Å². The van der Waals surface area contributed by atoms with E-state index >= 15 is 0 Å². The fourth-order valence-corrected chi connectivity index (χ4v) is 2.05. The fraction of sp³-hybridized carbons (Fsp3) is 0.400. The van der Waals surface area contributed by atoms with Crippen LogP contribution in [0.1, 0.15) is 12.8 Å². The second kappa shape index (κ2) is 16.3. The van der Waals surface area contributed by atoms with Crippen molar-refractivity contribution in [2.24, 2.45) is 5.73 Å². The van der Waals surface area contributed by atoms with Crippen LogP contribution in [0.5, 0.6) is 0 Å². The van der Waals surface area contributed by atoms with E-state index in [1.165, 1.54) is 14.2 Å². The summed E-state index contributed by atoms with van der Waals surface area (Å²) >= 11 is 4.04. The minimum absolute atomic E-state index is 0.0324. The molecule has 0 spiro atoms. The minimum atomic E-state index is -0.132. The largest absolute Gasteiger partial charge is 0.468 e. The van der Waals surface area contributed by atoms with Crippen LogP contribution in [-0.4, -0.2) is 37.3 Å². The van der Waals surface area contributed by atoms with E-state index in [0.29, 0.717) is 0 Å². The number of terminal acetylenes is 1. The molecule has 1 aliphatic heterocycles. The van der Waals surface area contributed by atoms with Gasteiger partial charge in [-0.3, -0.25) is 4.79 Å². The summed E-state index contributed by atoms with van der Waals surface area (Å²) in [6.07, 6.45) is 10.0. The second-order valence-corrected chi connectivity index (χ2v) is 5.29. The lowest BCUT2D eigenvalue weighted by Crippen LogP contribution is -2.31. The highest BCUT2D eigenvalue weighted by molar-refractivity contribution is 9.10. The van der Waals surface area contributed by atoms with Gasteiger partial charge >= 0.3 is 5.97 Å². The van der Waals surface area contributed by atoms with Crippen LogP contribution < -0.4 is 11.1 Å². The van der Waals surface area contributed by atoms with Gasteiger partial charge in [-0.25, -0.2) is 0 Å². The molecule has 1 aromatic carbocycles. The van der Waals surface area contributed by atoms with E-state index in [1.807, 2.05) is 24.3 Å². The number of nitrogens with one attached hydrogen (secondary N) is 1. The van der Waals surface area contributed by atoms with Gasteiger partial charge in [0.25, 0.3) is 0 Å². The Kier molecular flexibility index (Phi) is 17.2. The number of hydrogen-bond donors (Lipinski definition) is 3. The van der Waals surface area contributed by atoms with Crippen molar-refractivity contribution in [2.75, 3.05) is 20.7 Å². The lowest BCUT2D eigenvalue weighted by Gasteiger charge is -2.04. The van der Waals surface area contributed by atoms with Crippen molar-refractivity contribution >= 4 is 33.9 Å². The maximum Gasteiger partial charge on any atom is 0.322 e. The minimum Gasteiger partial charge on any atom is -0.468 e. The van der Waals surface area contributed by atoms with E-state index in [4.69, 9.17) is 4.55 Å². The Hall–Kier alpha value is -1.04. The molecule has 1 atom stereocenters. The van der Waals surface area contributed by atoms with E-state index in [1.54, 1.807) is 0 Å². The first-order valence-electron chi connectivity index (χ1n) is 6.46. The summed E-state index contributed by atoms with van der Waals surface area (Å²) in [4.78, 5) is 11.6. The molecule has 1 heterocycles. The van der Waals surface area contributed by atoms with Gasteiger partial charge in [-0.15, -0.1) is 12.8 Å². The number of ether oxygens (including phenoxy) is 1. The van der Waals surface area contributed by atoms with Crippen molar-refractivity contribution in [3.63, 3.8) is 0 Å². The lowest BCUT2D eigenvalue weighted by molar-refractivity contribution is -0.142. The average molecular weight is 391 g/mol. The molecule has 4 N–H and O–H groups in total. The molecule has 1 aliphatic rings. The van der Waals surface area contributed by atoms with Crippen LogP contribution in [0, 0.1) is 12.8 Å². The molecule has 5 nitrogen and oxygen atoms in total. The van der Waals surface area contributed by atoms with Gasteiger partial charge < -0.3 is 20.3 Å². The number of halogens is 1. The zero-order chi connectivity index (χ0) is 17.4. The van der Waals surface area contributed by atoms with E-state index in [9.17, 15) is 4.79 Å². The molecule has 7 heteroatoms. The Labute approximate surface area is 145 Å². The molecule has 124 valence electrons. The molecule has 0 aliphatic carbocycles. The number of nitrogens with two attached hydrogens (primary N) is 1. The van der Waals surface area contributed by atoms with Crippen molar-refractivity contribution in [3.05, 3.63) is 28.7 Å². The third-order valence-electron chi connectivity index (χ3n) is 2.47. The molecule has 0 unspecified atom stereocenters. The maximum absolute atomic E-state index is 10.7. The normalized spacial score (nSPS) is 15.0. The summed E-state index contributed by atoms with van der Waals surface area (Å²) in [5.41, 5.74) is 4.50. The first-order chi connectivity index (χ1) is 10.7. The molecular weight excluding hydrogens is 368 g/mol. The number of carbonyl (C=O) groups is 1. The monoisotopic (exact) mass is 390 g/mol. The van der Waals surface area contributed by atoms with Crippen LogP contribution in [0.2, 0.25) is 0 Å². The van der Waals surface area contributed by atoms with Crippen molar-refractivity contribution in [1.82, 2.24) is 5.32 Å². The molecule has 0 radical (unpaired) electrons. The summed E-state index contributed by atoms with van der Waals surface area (Å²) < 4.78 is 14.1. The predicted octanol–water partition coefficient (Wildman–Crippen LogP) is 2.75. The topological polar surface area (TPSA) is 84.6 Å². The number of methoxy groups -OCH3 is 1. The number of carbonyl (C=O) groups excluding carboxylic acids is 1. The fourth-order valence-electron chi connectivity index (χ4n) is 1.52. The van der Waals surface area contributed by atoms with E-state index in [0.717, 1.165) is 40.8 Å². The van der Waals surface area contributed by atoms with Crippen molar-refractivity contribution in [2.45, 2.75) is 23.8 Å². The third-order valence-corrected chi connectivity index (χ3v) is 3.48. The molecule has 0 aromatic heterocycles. The van der Waals surface area contributed by atoms with Crippen molar-refractivity contribution in [1.29, 1.82) is 0 Å². The Bertz CT molecular complexity index is 407. The molecular formula is C15H23BrN2O3S. The number of esters is 1. The Morgan fingerprint density at radius 1 is 1.41 bits per heavy atom. The van der Waals surface area contributed by atoms with Crippen LogP contribution in [0.15, 0.2) is 33.6 Å². The van der Waals surface area contributed by atoms with Crippen molar-refractivity contribution < 1.29 is 14.1 Å². The second-order valence-electron chi connectivity index (χ2n) is 3.72. The smallest absolute Gasteiger partial charge is 0.322 e. The Morgan fingerprint density at radius 3 is 2.32 bits per heavy atom. The Balaban J connectivity index is 0. The molecule has 1 fully saturated rings. The van der Waals surface area contributed by atoms with Crippen LogP contribution >= 0.6 is 28.0 Å². The summed E-state index contributed by atoms with van der Waals surface area (Å²) in [6, 6.07) is 7.43. The van der Waals surface area contributed by atoms with Gasteiger partial charge in [-0.05, 0) is 50.7 Å². The molecule has 0 amide bonds. The standard InChI is InChI=1S/C6H5BrOS.C6H11NO2.C2H2.CH5N/c7-5-1-3-6(9-8)4-2-5;1-9-6(8)5-3-2-4-7-5;2*1-2/h1-4,8H;5,7H,2-4H2,1H3;1-2H;2H2,1H3/t;5-;;/m.0../s1. The summed E-state index contributed by atoms with van der Waals surface area (Å²) in [7, 11) is 2.92. The summed E-state index contributed by atoms with van der Waals surface area (Å²) in [5.74, 6) is -0.132. The molecule has 1 aromatic rings. The number of hydrogen-bond acceptors (Lipinski definition) is 6. The van der Waals surface area contributed by atoms with E-state index in [2.05, 4.69) is 44.6 Å². The van der Waals surface area contributed by atoms with Gasteiger partial charge in [0.05, 0.1) is 7.11 Å². The zero-order valence-electron chi connectivity index (χ0n) is 12.8. The van der Waals surface area contributed by atoms with Gasteiger partial charge in [-0.2, -0.15) is 0 Å². The first-order valence-corrected chi connectivity index (χ1v) is 8.03. The molecule has 2 rings (SSSR count). The van der Waals surface area contributed by atoms with Gasteiger partial charge in [0.15, 0.2) is 0 Å². The summed E-state index contributed by atoms with van der Waals surface area (Å²) in [5, 5.41) is 3.03. The Morgan fingerprint density at radius 2 is 1.95 bits per heavy atom. The van der Waals surface area contributed by atoms with Crippen LogP contribution in [-0.2, 0) is 9.53 Å². The molecule has 22 heavy (non-hydrogen) atoms. The predicted molar refractivity (Wildman–Crippen MR) is 95.7 cm³/mol. The first kappa shape index (κ1) is 23.2. The molecule has 1 saturated heterocycles. The van der Waals surface area contributed by atoms with Crippen LogP contribution in [0.3, 0.4) is 0 Å². The highest BCUT2D eigenvalue weighted by Crippen LogP contribution is 2.17. The highest BCUT2D eigenvalue weighted by atomic mass is 79.9. The third kappa shape index (κ3) is 10.7. The van der Waals surface area contributed by atoms with Gasteiger partial charge in [0, 0.05) is 21.4 Å². The van der Waals surface area contributed by atoms with Gasteiger partial charge in [0.2, 0.25) is 0 Å². The number of rotatable bonds is 2. The van der Waals surface area contributed by atoms with E-state index < -0.39 is 0 Å². The highest BCUT2D eigenvalue weighted by Gasteiger charge is 2.21. The zero-order valence-corrected chi connectivity index (χ0v) is 15.2. The average Bonchev–Trinajstić information content (AvgIpc) is 3.14. The SMILES string of the molecule is C#C.CN.COC(=O)[C@@H]1CCCN1.OSc1ccc(Br)cc1. The molecule has 0 bridgehead atoms. The van der Waals surface area contributed by atoms with Gasteiger partial charge in [-0.1, -0.05) is 15.9 Å². The summed E-state index contributed by atoms with van der Waals surface area (Å²) in [6.45, 7) is 0.944. The van der Waals surface area contributed by atoms with Crippen LogP contribution in [0.25, 0.3) is 0 Å². The quantitative estimate of drug-likeness (QED) is 0.409. The maximum atomic E-state index is 10.7. The van der Waals surface area contributed by atoms with E-state index in [-0.39, 0.29) is 12.0 Å². The number of benzene rings is 1. The lowest BCUT2D eigenvalue weighted by atomic mass is 10.2.